The Bertz CT molecular complexity index is 1140. The van der Waals surface area contributed by atoms with E-state index in [2.05, 4.69) is 5.32 Å². The lowest BCUT2D eigenvalue weighted by atomic mass is 10.0. The maximum absolute atomic E-state index is 13.8. The molecule has 172 valence electrons. The summed E-state index contributed by atoms with van der Waals surface area (Å²) in [5.74, 6) is -3.66. The van der Waals surface area contributed by atoms with Gasteiger partial charge in [0.15, 0.2) is 11.4 Å². The summed E-state index contributed by atoms with van der Waals surface area (Å²) in [5, 5.41) is 12.8. The molecule has 1 aromatic carbocycles. The number of carbonyl (C=O) groups excluding carboxylic acids is 2. The molecule has 4 rings (SSSR count). The number of aromatic hydroxyl groups is 1. The van der Waals surface area contributed by atoms with Crippen LogP contribution in [0.25, 0.3) is 0 Å². The van der Waals surface area contributed by atoms with E-state index < -0.39 is 34.6 Å². The van der Waals surface area contributed by atoms with Gasteiger partial charge in [-0.15, -0.1) is 0 Å². The number of rotatable bonds is 3. The molecule has 3 heterocycles. The minimum atomic E-state index is -0.978. The average molecular weight is 467 g/mol. The van der Waals surface area contributed by atoms with Gasteiger partial charge in [0.1, 0.15) is 23.4 Å². The molecule has 2 aliphatic heterocycles. The van der Waals surface area contributed by atoms with Crippen molar-refractivity contribution in [1.29, 1.82) is 0 Å². The largest absolute Gasteiger partial charge is 0.503 e. The number of hydrogen-bond acceptors (Lipinski definition) is 5. The lowest BCUT2D eigenvalue weighted by Crippen LogP contribution is -2.62. The Morgan fingerprint density at radius 2 is 2.00 bits per heavy atom. The second-order valence-electron chi connectivity index (χ2n) is 7.92. The first-order valence-electron chi connectivity index (χ1n) is 9.90. The highest BCUT2D eigenvalue weighted by Crippen LogP contribution is 2.29. The highest BCUT2D eigenvalue weighted by atomic mass is 32.1. The molecule has 2 amide bonds. The Morgan fingerprint density at radius 1 is 1.28 bits per heavy atom. The lowest BCUT2D eigenvalue weighted by molar-refractivity contribution is -0.0196. The van der Waals surface area contributed by atoms with Gasteiger partial charge in [0, 0.05) is 37.0 Å². The number of fused-ring (bicyclic) bond motifs is 2. The molecule has 0 spiro atoms. The molecule has 1 aromatic heterocycles. The van der Waals surface area contributed by atoms with E-state index in [4.69, 9.17) is 0 Å². The highest BCUT2D eigenvalue weighted by molar-refractivity contribution is 7.59. The SMILES string of the molecule is C[C@H]1CCN2C(=O)c3c(O)c(=O)c(C(=O)NCc4ccc(F)cc4F)cn3CC2N1C.S. The maximum Gasteiger partial charge on any atom is 0.275 e. The van der Waals surface area contributed by atoms with E-state index in [0.29, 0.717) is 12.6 Å². The molecule has 1 unspecified atom stereocenters. The van der Waals surface area contributed by atoms with Crippen LogP contribution in [-0.2, 0) is 13.1 Å². The van der Waals surface area contributed by atoms with E-state index in [0.717, 1.165) is 12.5 Å². The minimum Gasteiger partial charge on any atom is -0.503 e. The first-order valence-corrected chi connectivity index (χ1v) is 9.90. The Kier molecular flexibility index (Phi) is 6.61. The molecule has 8 nitrogen and oxygen atoms in total. The van der Waals surface area contributed by atoms with E-state index in [1.807, 2.05) is 18.9 Å². The number of hydrogen-bond donors (Lipinski definition) is 2. The van der Waals surface area contributed by atoms with Gasteiger partial charge in [0.25, 0.3) is 11.8 Å². The molecular weight excluding hydrogens is 442 g/mol. The molecular formula is C21H24F2N4O4S. The summed E-state index contributed by atoms with van der Waals surface area (Å²) in [6, 6.07) is 3.19. The van der Waals surface area contributed by atoms with Gasteiger partial charge in [-0.2, -0.15) is 13.5 Å². The molecule has 2 aromatic rings. The predicted octanol–water partition coefficient (Wildman–Crippen LogP) is 1.38. The molecule has 1 saturated heterocycles. The molecule has 2 aliphatic rings. The quantitative estimate of drug-likeness (QED) is 0.713. The number of aromatic nitrogens is 1. The third-order valence-corrected chi connectivity index (χ3v) is 6.09. The second kappa shape index (κ2) is 8.91. The summed E-state index contributed by atoms with van der Waals surface area (Å²) in [7, 11) is 1.90. The minimum absolute atomic E-state index is 0. The van der Waals surface area contributed by atoms with Gasteiger partial charge in [0.2, 0.25) is 5.43 Å². The fourth-order valence-corrected chi connectivity index (χ4v) is 4.08. The van der Waals surface area contributed by atoms with Crippen LogP contribution in [0.5, 0.6) is 5.75 Å². The first-order chi connectivity index (χ1) is 14.7. The Labute approximate surface area is 189 Å². The zero-order valence-corrected chi connectivity index (χ0v) is 18.6. The van der Waals surface area contributed by atoms with Crippen molar-refractivity contribution in [3.05, 3.63) is 63.1 Å². The van der Waals surface area contributed by atoms with Crippen molar-refractivity contribution >= 4 is 25.3 Å². The van der Waals surface area contributed by atoms with Gasteiger partial charge in [0.05, 0.1) is 6.54 Å². The van der Waals surface area contributed by atoms with Crippen LogP contribution in [0, 0.1) is 11.6 Å². The number of amides is 2. The van der Waals surface area contributed by atoms with Crippen LogP contribution in [0.4, 0.5) is 8.78 Å². The average Bonchev–Trinajstić information content (AvgIpc) is 2.72. The van der Waals surface area contributed by atoms with Crippen molar-refractivity contribution in [3.8, 4) is 5.75 Å². The zero-order valence-electron chi connectivity index (χ0n) is 17.6. The molecule has 32 heavy (non-hydrogen) atoms. The van der Waals surface area contributed by atoms with Crippen molar-refractivity contribution in [2.45, 2.75) is 38.6 Å². The fraction of sp³-hybridized carbons (Fsp3) is 0.381. The van der Waals surface area contributed by atoms with Gasteiger partial charge < -0.3 is 19.9 Å². The number of likely N-dealkylation sites (N-methyl/N-ethyl adjacent to an activating group) is 1. The van der Waals surface area contributed by atoms with Crippen LogP contribution in [0.1, 0.15) is 39.8 Å². The summed E-state index contributed by atoms with van der Waals surface area (Å²) < 4.78 is 28.3. The molecule has 0 radical (unpaired) electrons. The first kappa shape index (κ1) is 23.7. The molecule has 11 heteroatoms. The van der Waals surface area contributed by atoms with Crippen molar-refractivity contribution in [3.63, 3.8) is 0 Å². The van der Waals surface area contributed by atoms with E-state index in [1.54, 1.807) is 4.90 Å². The van der Waals surface area contributed by atoms with Crippen LogP contribution in [-0.4, -0.2) is 57.1 Å². The van der Waals surface area contributed by atoms with Crippen LogP contribution in [0.2, 0.25) is 0 Å². The number of benzene rings is 1. The van der Waals surface area contributed by atoms with Crippen molar-refractivity contribution in [2.75, 3.05) is 13.6 Å². The maximum atomic E-state index is 13.8. The molecule has 1 fully saturated rings. The molecule has 0 saturated carbocycles. The van der Waals surface area contributed by atoms with Crippen LogP contribution in [0.3, 0.4) is 0 Å². The van der Waals surface area contributed by atoms with Crippen LogP contribution in [0.15, 0.2) is 29.2 Å². The Morgan fingerprint density at radius 3 is 2.69 bits per heavy atom. The van der Waals surface area contributed by atoms with E-state index in [-0.39, 0.29) is 55.6 Å². The van der Waals surface area contributed by atoms with Crippen molar-refractivity contribution in [1.82, 2.24) is 19.7 Å². The summed E-state index contributed by atoms with van der Waals surface area (Å²) in [5.41, 5.74) is -1.45. The highest BCUT2D eigenvalue weighted by Gasteiger charge is 2.41. The van der Waals surface area contributed by atoms with Crippen molar-refractivity contribution < 1.29 is 23.5 Å². The van der Waals surface area contributed by atoms with E-state index >= 15 is 0 Å². The van der Waals surface area contributed by atoms with Gasteiger partial charge in [-0.05, 0) is 26.5 Å². The smallest absolute Gasteiger partial charge is 0.275 e. The monoisotopic (exact) mass is 466 g/mol. The summed E-state index contributed by atoms with van der Waals surface area (Å²) >= 11 is 0. The van der Waals surface area contributed by atoms with Gasteiger partial charge in [-0.1, -0.05) is 6.07 Å². The molecule has 2 N–H and O–H groups in total. The lowest BCUT2D eigenvalue weighted by Gasteiger charge is -2.48. The fourth-order valence-electron chi connectivity index (χ4n) is 4.08. The van der Waals surface area contributed by atoms with Gasteiger partial charge >= 0.3 is 0 Å². The standard InChI is InChI=1S/C21H22F2N4O4.H2S/c1-11-5-6-27-16(25(11)2)10-26-9-14(18(28)19(29)17(26)21(27)31)20(30)24-8-12-3-4-13(22)7-15(12)23;/h3-4,7,9,11,16,29H,5-6,8,10H2,1-2H3,(H,24,30);1H2/t11-,16?;/m0./s1. The zero-order chi connectivity index (χ0) is 22.4. The van der Waals surface area contributed by atoms with Crippen LogP contribution >= 0.6 is 13.5 Å². The van der Waals surface area contributed by atoms with Crippen molar-refractivity contribution in [2.24, 2.45) is 0 Å². The number of pyridine rings is 1. The number of nitrogens with zero attached hydrogens (tertiary/aromatic N) is 3. The second-order valence-corrected chi connectivity index (χ2v) is 7.92. The molecule has 0 aliphatic carbocycles. The number of carbonyl (C=O) groups is 2. The summed E-state index contributed by atoms with van der Waals surface area (Å²) in [4.78, 5) is 41.8. The van der Waals surface area contributed by atoms with E-state index in [1.165, 1.54) is 16.8 Å². The molecule has 2 atom stereocenters. The Balaban J connectivity index is 0.00000289. The van der Waals surface area contributed by atoms with Gasteiger partial charge in [-0.3, -0.25) is 19.3 Å². The third-order valence-electron chi connectivity index (χ3n) is 6.09. The summed E-state index contributed by atoms with van der Waals surface area (Å²) in [6.07, 6.45) is 1.75. The van der Waals surface area contributed by atoms with E-state index in [9.17, 15) is 28.3 Å². The topological polar surface area (TPSA) is 94.9 Å². The number of halogens is 2. The normalized spacial score (nSPS) is 20.2. The van der Waals surface area contributed by atoms with Gasteiger partial charge in [-0.25, -0.2) is 8.78 Å². The summed E-state index contributed by atoms with van der Waals surface area (Å²) in [6.45, 7) is 2.56. The Hall–Kier alpha value is -2.92. The van der Waals surface area contributed by atoms with Crippen LogP contribution < -0.4 is 10.7 Å². The third kappa shape index (κ3) is 3.97. The number of nitrogens with one attached hydrogen (secondary N) is 1. The molecule has 0 bridgehead atoms. The predicted molar refractivity (Wildman–Crippen MR) is 117 cm³/mol.